The maximum atomic E-state index is 12.0. The van der Waals surface area contributed by atoms with Crippen molar-refractivity contribution in [2.24, 2.45) is 0 Å². The van der Waals surface area contributed by atoms with E-state index in [0.29, 0.717) is 12.1 Å². The Morgan fingerprint density at radius 1 is 1.09 bits per heavy atom. The normalized spacial score (nSPS) is 11.3. The van der Waals surface area contributed by atoms with Crippen molar-refractivity contribution in [1.29, 1.82) is 0 Å². The van der Waals surface area contributed by atoms with Gasteiger partial charge in [0, 0.05) is 40.1 Å². The fourth-order valence-corrected chi connectivity index (χ4v) is 3.40. The van der Waals surface area contributed by atoms with E-state index in [1.807, 2.05) is 61.7 Å². The Morgan fingerprint density at radius 3 is 2.52 bits per heavy atom. The summed E-state index contributed by atoms with van der Waals surface area (Å²) in [5.41, 5.74) is 4.02. The van der Waals surface area contributed by atoms with Crippen molar-refractivity contribution >= 4 is 27.8 Å². The van der Waals surface area contributed by atoms with Gasteiger partial charge in [-0.3, -0.25) is 0 Å². The minimum Gasteiger partial charge on any atom is -0.478 e. The number of hydrogen-bond acceptors (Lipinski definition) is 1. The molecule has 23 heavy (non-hydrogen) atoms. The van der Waals surface area contributed by atoms with E-state index in [4.69, 9.17) is 0 Å². The fraction of sp³-hybridized carbons (Fsp3) is 0.105. The molecule has 114 valence electrons. The minimum absolute atomic E-state index is 0.368. The smallest absolute Gasteiger partial charge is 0.338 e. The number of rotatable bonds is 3. The van der Waals surface area contributed by atoms with Gasteiger partial charge in [-0.15, -0.1) is 0 Å². The van der Waals surface area contributed by atoms with Gasteiger partial charge in [0.2, 0.25) is 0 Å². The molecule has 0 atom stereocenters. The van der Waals surface area contributed by atoms with Crippen LogP contribution in [0.1, 0.15) is 17.3 Å². The number of hydrogen-bond donors (Lipinski definition) is 2. The van der Waals surface area contributed by atoms with Crippen molar-refractivity contribution in [1.82, 2.24) is 9.55 Å². The molecule has 0 saturated carbocycles. The Balaban J connectivity index is 2.18. The standard InChI is InChI=1S/C19H16N2O2/c1-2-21-16-10-6-4-8-13(16)17(19(22)23)18(21)14-11-20-15-9-5-3-7-12(14)15/h3-11,20H,2H2,1H3,(H,22,23). The van der Waals surface area contributed by atoms with Gasteiger partial charge in [-0.25, -0.2) is 4.79 Å². The Morgan fingerprint density at radius 2 is 1.78 bits per heavy atom. The van der Waals surface area contributed by atoms with Crippen molar-refractivity contribution in [3.63, 3.8) is 0 Å². The summed E-state index contributed by atoms with van der Waals surface area (Å²) >= 11 is 0. The van der Waals surface area contributed by atoms with Gasteiger partial charge >= 0.3 is 5.97 Å². The van der Waals surface area contributed by atoms with Crippen LogP contribution in [0.25, 0.3) is 33.1 Å². The zero-order chi connectivity index (χ0) is 16.0. The first kappa shape index (κ1) is 13.6. The third-order valence-electron chi connectivity index (χ3n) is 4.35. The first-order valence-corrected chi connectivity index (χ1v) is 7.63. The molecular weight excluding hydrogens is 288 g/mol. The summed E-state index contributed by atoms with van der Waals surface area (Å²) in [7, 11) is 0. The van der Waals surface area contributed by atoms with Crippen molar-refractivity contribution in [2.45, 2.75) is 13.5 Å². The number of aromatic nitrogens is 2. The molecule has 2 aromatic carbocycles. The van der Waals surface area contributed by atoms with Crippen molar-refractivity contribution in [3.8, 4) is 11.3 Å². The number of nitrogens with zero attached hydrogens (tertiary/aromatic N) is 1. The molecule has 2 N–H and O–H groups in total. The molecule has 2 aromatic heterocycles. The van der Waals surface area contributed by atoms with Crippen molar-refractivity contribution < 1.29 is 9.90 Å². The molecule has 0 aliphatic rings. The number of carboxylic acid groups (broad SMARTS) is 1. The van der Waals surface area contributed by atoms with Crippen LogP contribution in [0.4, 0.5) is 0 Å². The first-order valence-electron chi connectivity index (χ1n) is 7.63. The predicted octanol–water partition coefficient (Wildman–Crippen LogP) is 4.51. The monoisotopic (exact) mass is 304 g/mol. The maximum absolute atomic E-state index is 12.0. The van der Waals surface area contributed by atoms with Gasteiger partial charge in [0.25, 0.3) is 0 Å². The molecule has 0 aliphatic heterocycles. The van der Waals surface area contributed by atoms with Gasteiger partial charge in [0.05, 0.1) is 11.3 Å². The number of para-hydroxylation sites is 2. The van der Waals surface area contributed by atoms with E-state index in [9.17, 15) is 9.90 Å². The maximum Gasteiger partial charge on any atom is 0.338 e. The number of aromatic amines is 1. The highest BCUT2D eigenvalue weighted by atomic mass is 16.4. The number of H-pyrrole nitrogens is 1. The zero-order valence-corrected chi connectivity index (χ0v) is 12.7. The number of carboxylic acids is 1. The van der Waals surface area contributed by atoms with Crippen LogP contribution >= 0.6 is 0 Å². The molecular formula is C19H16N2O2. The minimum atomic E-state index is -0.895. The number of aromatic carboxylic acids is 1. The third-order valence-corrected chi connectivity index (χ3v) is 4.35. The summed E-state index contributed by atoms with van der Waals surface area (Å²) in [6, 6.07) is 15.6. The van der Waals surface area contributed by atoms with Crippen LogP contribution < -0.4 is 0 Å². The first-order chi connectivity index (χ1) is 11.2. The second kappa shape index (κ2) is 5.02. The van der Waals surface area contributed by atoms with Gasteiger partial charge in [-0.2, -0.15) is 0 Å². The topological polar surface area (TPSA) is 58.0 Å². The Kier molecular flexibility index (Phi) is 2.98. The van der Waals surface area contributed by atoms with E-state index in [1.54, 1.807) is 0 Å². The second-order valence-electron chi connectivity index (χ2n) is 5.54. The van der Waals surface area contributed by atoms with E-state index in [-0.39, 0.29) is 0 Å². The summed E-state index contributed by atoms with van der Waals surface area (Å²) in [4.78, 5) is 15.2. The number of aryl methyl sites for hydroxylation is 1. The Bertz CT molecular complexity index is 1040. The summed E-state index contributed by atoms with van der Waals surface area (Å²) in [5, 5.41) is 11.6. The van der Waals surface area contributed by atoms with Crippen LogP contribution in [0, 0.1) is 0 Å². The lowest BCUT2D eigenvalue weighted by Crippen LogP contribution is -2.02. The lowest BCUT2D eigenvalue weighted by molar-refractivity contribution is 0.0699. The van der Waals surface area contributed by atoms with Gasteiger partial charge in [0.15, 0.2) is 0 Å². The number of nitrogens with one attached hydrogen (secondary N) is 1. The van der Waals surface area contributed by atoms with E-state index < -0.39 is 5.97 Å². The van der Waals surface area contributed by atoms with Crippen LogP contribution in [-0.4, -0.2) is 20.6 Å². The van der Waals surface area contributed by atoms with E-state index >= 15 is 0 Å². The fourth-order valence-electron chi connectivity index (χ4n) is 3.40. The molecule has 0 saturated heterocycles. The largest absolute Gasteiger partial charge is 0.478 e. The summed E-state index contributed by atoms with van der Waals surface area (Å²) in [6.07, 6.45) is 1.90. The SMILES string of the molecule is CCn1c(-c2c[nH]c3ccccc23)c(C(=O)O)c2ccccc21. The van der Waals surface area contributed by atoms with E-state index in [1.165, 1.54) is 0 Å². The summed E-state index contributed by atoms with van der Waals surface area (Å²) in [5.74, 6) is -0.895. The predicted molar refractivity (Wildman–Crippen MR) is 91.9 cm³/mol. The van der Waals surface area contributed by atoms with Crippen LogP contribution in [0.2, 0.25) is 0 Å². The molecule has 0 aliphatic carbocycles. The highest BCUT2D eigenvalue weighted by Gasteiger charge is 2.24. The molecule has 0 spiro atoms. The Hall–Kier alpha value is -3.01. The molecule has 0 amide bonds. The van der Waals surface area contributed by atoms with E-state index in [0.717, 1.165) is 33.1 Å². The molecule has 0 fully saturated rings. The molecule has 0 unspecified atom stereocenters. The highest BCUT2D eigenvalue weighted by Crippen LogP contribution is 2.37. The van der Waals surface area contributed by atoms with Gasteiger partial charge < -0.3 is 14.7 Å². The highest BCUT2D eigenvalue weighted by molar-refractivity contribution is 6.12. The molecule has 0 radical (unpaired) electrons. The Labute approximate surface area is 133 Å². The molecule has 0 bridgehead atoms. The molecule has 4 nitrogen and oxygen atoms in total. The van der Waals surface area contributed by atoms with Gasteiger partial charge in [-0.1, -0.05) is 36.4 Å². The van der Waals surface area contributed by atoms with Crippen LogP contribution in [-0.2, 0) is 6.54 Å². The summed E-state index contributed by atoms with van der Waals surface area (Å²) < 4.78 is 2.08. The molecule has 4 heteroatoms. The number of benzene rings is 2. The molecule has 4 aromatic rings. The summed E-state index contributed by atoms with van der Waals surface area (Å²) in [6.45, 7) is 2.75. The lowest BCUT2D eigenvalue weighted by Gasteiger charge is -2.08. The number of fused-ring (bicyclic) bond motifs is 2. The van der Waals surface area contributed by atoms with E-state index in [2.05, 4.69) is 9.55 Å². The quantitative estimate of drug-likeness (QED) is 0.585. The third kappa shape index (κ3) is 1.88. The number of carbonyl (C=O) groups is 1. The zero-order valence-electron chi connectivity index (χ0n) is 12.7. The molecule has 4 rings (SSSR count). The average Bonchev–Trinajstić information content (AvgIpc) is 3.13. The van der Waals surface area contributed by atoms with Crippen LogP contribution in [0.15, 0.2) is 54.7 Å². The van der Waals surface area contributed by atoms with Crippen molar-refractivity contribution in [2.75, 3.05) is 0 Å². The van der Waals surface area contributed by atoms with Gasteiger partial charge in [0.1, 0.15) is 0 Å². The second-order valence-corrected chi connectivity index (χ2v) is 5.54. The average molecular weight is 304 g/mol. The lowest BCUT2D eigenvalue weighted by atomic mass is 10.0. The molecule has 2 heterocycles. The van der Waals surface area contributed by atoms with Crippen LogP contribution in [0.3, 0.4) is 0 Å². The van der Waals surface area contributed by atoms with Gasteiger partial charge in [-0.05, 0) is 19.1 Å². The van der Waals surface area contributed by atoms with Crippen molar-refractivity contribution in [3.05, 3.63) is 60.3 Å². The van der Waals surface area contributed by atoms with Crippen LogP contribution in [0.5, 0.6) is 0 Å².